The van der Waals surface area contributed by atoms with Crippen molar-refractivity contribution in [3.05, 3.63) is 11.6 Å². The molecule has 0 heterocycles. The van der Waals surface area contributed by atoms with Crippen LogP contribution in [0.25, 0.3) is 0 Å². The number of amides is 3. The van der Waals surface area contributed by atoms with E-state index in [0.717, 1.165) is 101 Å². The van der Waals surface area contributed by atoms with Gasteiger partial charge in [0.1, 0.15) is 6.10 Å². The van der Waals surface area contributed by atoms with E-state index in [4.69, 9.17) is 37.7 Å². The van der Waals surface area contributed by atoms with Crippen LogP contribution in [0.4, 0.5) is 4.79 Å². The number of carbonyl (C=O) groups excluding carboxylic acids is 3. The van der Waals surface area contributed by atoms with Crippen LogP contribution in [0.5, 0.6) is 0 Å². The summed E-state index contributed by atoms with van der Waals surface area (Å²) in [6.07, 6.45) is 24.0. The van der Waals surface area contributed by atoms with Crippen molar-refractivity contribution in [3.63, 3.8) is 0 Å². The molecule has 3 amide bonds. The third-order valence-corrected chi connectivity index (χ3v) is 20.1. The quantitative estimate of drug-likeness (QED) is 0.0196. The highest BCUT2D eigenvalue weighted by molar-refractivity contribution is 8.76. The molecule has 0 aromatic carbocycles. The standard InChI is InChI=1S/C34H61NO4P2.C24H48N2O8S2.C2H6/c1-23(2)8-7-9-24(3)29-12-13-30-28-11-10-25-22-27(14-18-33(25,4)31(28)15-19-34(29,30)5)39-32(37)35-20-16-26(36)17-21-38-41-40-6;1-29-11-6-4-3-5-9-25-23(27)7-12-30-14-16-32-18-20-34-21-19-33-17-15-31-13-8-24(28)26-10-22-36-35-2;1-2/h10,23-24,26-31,36,40-41H,7-9,11-22H2,1-6H3,(H,35,37);3-22H2,1-2H3,(H,25,27)(H,26,28);1-2H3/t24-,26?,27+,28?,29-,30?,31?,33+,34-;;/m0../s1. The van der Waals surface area contributed by atoms with Crippen LogP contribution in [-0.4, -0.2) is 160 Å². The second-order valence-electron chi connectivity index (χ2n) is 22.6. The number of rotatable bonds is 43. The summed E-state index contributed by atoms with van der Waals surface area (Å²) in [4.78, 5) is 35.8. The molecular weight excluding hydrogens is 1080 g/mol. The van der Waals surface area contributed by atoms with Crippen LogP contribution in [0, 0.1) is 46.3 Å². The first-order valence-corrected chi connectivity index (χ1v) is 36.8. The van der Waals surface area contributed by atoms with Crippen molar-refractivity contribution in [2.24, 2.45) is 46.3 Å². The van der Waals surface area contributed by atoms with Gasteiger partial charge in [0.05, 0.1) is 78.8 Å². The molecule has 0 saturated heterocycles. The number of methoxy groups -OCH3 is 1. The molecule has 19 heteroatoms. The molecule has 11 atom stereocenters. The number of aliphatic hydroxyl groups is 1. The number of hydrogen-bond donors (Lipinski definition) is 4. The van der Waals surface area contributed by atoms with Gasteiger partial charge in [0.2, 0.25) is 11.8 Å². The smallest absolute Gasteiger partial charge is 0.407 e. The van der Waals surface area contributed by atoms with Crippen molar-refractivity contribution in [1.82, 2.24) is 16.0 Å². The molecule has 464 valence electrons. The summed E-state index contributed by atoms with van der Waals surface area (Å²) in [5.74, 6) is 6.01. The predicted octanol–water partition coefficient (Wildman–Crippen LogP) is 12.4. The Bertz CT molecular complexity index is 1600. The molecule has 0 aliphatic heterocycles. The molecule has 0 spiro atoms. The molecule has 3 saturated carbocycles. The average Bonchev–Trinajstić information content (AvgIpc) is 4.07. The molecule has 79 heavy (non-hydrogen) atoms. The van der Waals surface area contributed by atoms with E-state index in [1.807, 2.05) is 20.1 Å². The fourth-order valence-electron chi connectivity index (χ4n) is 12.5. The Hall–Kier alpha value is -0.810. The number of hydrogen-bond acceptors (Lipinski definition) is 14. The fraction of sp³-hybridized carbons (Fsp3) is 0.917. The molecular formula is C60H115N3O12P2S2. The van der Waals surface area contributed by atoms with Crippen LogP contribution in [0.1, 0.15) is 170 Å². The van der Waals surface area contributed by atoms with E-state index in [1.54, 1.807) is 34.3 Å². The number of allylic oxidation sites excluding steroid dienone is 1. The molecule has 15 nitrogen and oxygen atoms in total. The molecule has 0 radical (unpaired) electrons. The van der Waals surface area contributed by atoms with E-state index in [1.165, 1.54) is 51.4 Å². The summed E-state index contributed by atoms with van der Waals surface area (Å²) in [6.45, 7) is 26.4. The summed E-state index contributed by atoms with van der Waals surface area (Å²) < 4.78 is 43.5. The number of unbranched alkanes of at least 4 members (excludes halogenated alkanes) is 3. The van der Waals surface area contributed by atoms with Gasteiger partial charge >= 0.3 is 6.09 Å². The van der Waals surface area contributed by atoms with Gasteiger partial charge in [-0.3, -0.25) is 9.59 Å². The first-order valence-electron chi connectivity index (χ1n) is 30.7. The summed E-state index contributed by atoms with van der Waals surface area (Å²) in [7, 11) is 6.46. The van der Waals surface area contributed by atoms with E-state index in [-0.39, 0.29) is 29.4 Å². The summed E-state index contributed by atoms with van der Waals surface area (Å²) in [6, 6.07) is 0. The highest BCUT2D eigenvalue weighted by Crippen LogP contribution is 2.67. The van der Waals surface area contributed by atoms with Crippen molar-refractivity contribution in [2.75, 3.05) is 125 Å². The molecule has 6 unspecified atom stereocenters. The first kappa shape index (κ1) is 74.3. The van der Waals surface area contributed by atoms with Crippen LogP contribution in [0.2, 0.25) is 0 Å². The maximum absolute atomic E-state index is 12.5. The second kappa shape index (κ2) is 46.5. The van der Waals surface area contributed by atoms with Crippen molar-refractivity contribution in [2.45, 2.75) is 183 Å². The minimum Gasteiger partial charge on any atom is -0.446 e. The zero-order valence-electron chi connectivity index (χ0n) is 51.2. The second-order valence-corrected chi connectivity index (χ2v) is 28.4. The van der Waals surface area contributed by atoms with Crippen molar-refractivity contribution in [1.29, 1.82) is 0 Å². The molecule has 3 fully saturated rings. The molecule has 4 aliphatic rings. The third kappa shape index (κ3) is 31.2. The Morgan fingerprint density at radius 3 is 1.92 bits per heavy atom. The molecule has 4 aliphatic carbocycles. The van der Waals surface area contributed by atoms with E-state index in [2.05, 4.69) is 63.3 Å². The lowest BCUT2D eigenvalue weighted by atomic mass is 9.47. The monoisotopic (exact) mass is 1200 g/mol. The van der Waals surface area contributed by atoms with Crippen molar-refractivity contribution in [3.8, 4) is 0 Å². The molecule has 0 aromatic rings. The van der Waals surface area contributed by atoms with Crippen LogP contribution in [-0.2, 0) is 47.3 Å². The number of nitrogens with one attached hydrogen (secondary N) is 3. The fourth-order valence-corrected chi connectivity index (χ4v) is 14.7. The summed E-state index contributed by atoms with van der Waals surface area (Å²) in [5.41, 5.74) is 2.36. The highest BCUT2D eigenvalue weighted by atomic mass is 33.1. The van der Waals surface area contributed by atoms with Gasteiger partial charge in [-0.25, -0.2) is 4.79 Å². The minimum atomic E-state index is -0.448. The number of carbonyl (C=O) groups is 3. The first-order chi connectivity index (χ1) is 38.3. The summed E-state index contributed by atoms with van der Waals surface area (Å²) in [5, 5.41) is 18.8. The van der Waals surface area contributed by atoms with Crippen LogP contribution >= 0.6 is 38.4 Å². The van der Waals surface area contributed by atoms with Gasteiger partial charge in [0.25, 0.3) is 0 Å². The molecule has 4 rings (SSSR count). The van der Waals surface area contributed by atoms with Crippen LogP contribution in [0.15, 0.2) is 11.6 Å². The van der Waals surface area contributed by atoms with Gasteiger partial charge in [-0.1, -0.05) is 122 Å². The normalized spacial score (nSPS) is 24.2. The topological polar surface area (TPSA) is 181 Å². The van der Waals surface area contributed by atoms with Crippen LogP contribution in [0.3, 0.4) is 0 Å². The minimum absolute atomic E-state index is 0.0123. The Balaban J connectivity index is 0.000000529. The van der Waals surface area contributed by atoms with E-state index < -0.39 is 6.10 Å². The SMILES string of the molecule is CC.COCCCCCCNC(=O)CCOCCOCCOCCOCCOCCC(=O)NCCSSC.CPPOCCC(O)CCNC(=O)O[C@@H]1CC[C@]2(C)C(=CCC3C2CC[C@]2(C)C3CC[C@H]2[C@@H](C)CCCC(C)C)C1. The molecule has 0 bridgehead atoms. The number of fused-ring (bicyclic) bond motifs is 5. The van der Waals surface area contributed by atoms with Gasteiger partial charge in [0.15, 0.2) is 0 Å². The predicted molar refractivity (Wildman–Crippen MR) is 332 cm³/mol. The third-order valence-electron chi connectivity index (χ3n) is 16.7. The lowest BCUT2D eigenvalue weighted by Crippen LogP contribution is -2.51. The lowest BCUT2D eigenvalue weighted by Gasteiger charge is -2.58. The average molecular weight is 1200 g/mol. The number of aliphatic hydroxyl groups excluding tert-OH is 1. The van der Waals surface area contributed by atoms with Gasteiger partial charge in [-0.05, 0) is 130 Å². The van der Waals surface area contributed by atoms with Gasteiger partial charge < -0.3 is 58.7 Å². The van der Waals surface area contributed by atoms with Gasteiger partial charge in [0, 0.05) is 66.9 Å². The Morgan fingerprint density at radius 1 is 0.696 bits per heavy atom. The van der Waals surface area contributed by atoms with E-state index in [0.29, 0.717) is 132 Å². The highest BCUT2D eigenvalue weighted by Gasteiger charge is 2.59. The maximum Gasteiger partial charge on any atom is 0.407 e. The molecule has 4 N–H and O–H groups in total. The summed E-state index contributed by atoms with van der Waals surface area (Å²) >= 11 is 0. The lowest BCUT2D eigenvalue weighted by molar-refractivity contribution is -0.123. The largest absolute Gasteiger partial charge is 0.446 e. The van der Waals surface area contributed by atoms with E-state index >= 15 is 0 Å². The number of alkyl carbamates (subject to hydrolysis) is 1. The van der Waals surface area contributed by atoms with Crippen LogP contribution < -0.4 is 16.0 Å². The van der Waals surface area contributed by atoms with Gasteiger partial charge in [-0.15, -0.1) is 0 Å². The zero-order valence-corrected chi connectivity index (χ0v) is 54.8. The molecule has 0 aromatic heterocycles. The van der Waals surface area contributed by atoms with Crippen molar-refractivity contribution >= 4 is 56.3 Å². The Kier molecular flexibility index (Phi) is 43.7. The zero-order chi connectivity index (χ0) is 58.0. The van der Waals surface area contributed by atoms with Crippen molar-refractivity contribution < 1.29 is 57.2 Å². The Labute approximate surface area is 492 Å². The Morgan fingerprint density at radius 2 is 1.32 bits per heavy atom. The maximum atomic E-state index is 12.5. The van der Waals surface area contributed by atoms with E-state index in [9.17, 15) is 19.5 Å². The van der Waals surface area contributed by atoms with Gasteiger partial charge in [-0.2, -0.15) is 0 Å². The number of ether oxygens (including phenoxy) is 7.